The molecule has 0 atom stereocenters. The second-order valence-electron chi connectivity index (χ2n) is 3.05. The Hall–Kier alpha value is -0.563. The van der Waals surface area contributed by atoms with Gasteiger partial charge in [0.2, 0.25) is 6.08 Å². The Morgan fingerprint density at radius 2 is 2.00 bits per heavy atom. The lowest BCUT2D eigenvalue weighted by atomic mass is 10.5. The van der Waals surface area contributed by atoms with Gasteiger partial charge in [0.1, 0.15) is 6.61 Å². The van der Waals surface area contributed by atoms with Crippen LogP contribution in [0.4, 0.5) is 0 Å². The first-order valence-corrected chi connectivity index (χ1v) is 6.59. The quantitative estimate of drug-likeness (QED) is 0.177. The van der Waals surface area contributed by atoms with E-state index in [1.807, 2.05) is 0 Å². The Morgan fingerprint density at radius 1 is 1.31 bits per heavy atom. The van der Waals surface area contributed by atoms with Gasteiger partial charge in [0.05, 0.1) is 6.54 Å². The molecule has 0 aromatic rings. The van der Waals surface area contributed by atoms with Gasteiger partial charge >= 0.3 is 0 Å². The van der Waals surface area contributed by atoms with Gasteiger partial charge in [-0.1, -0.05) is 0 Å². The van der Waals surface area contributed by atoms with E-state index in [2.05, 4.69) is 4.99 Å². The van der Waals surface area contributed by atoms with Crippen molar-refractivity contribution in [3.63, 3.8) is 0 Å². The molecule has 0 saturated carbocycles. The summed E-state index contributed by atoms with van der Waals surface area (Å²) in [5, 5.41) is 0. The largest absolute Gasteiger partial charge is 0.376 e. The fourth-order valence-corrected chi connectivity index (χ4v) is 2.31. The Bertz CT molecular complexity index is 216. The van der Waals surface area contributed by atoms with Crippen LogP contribution < -0.4 is 0 Å². The summed E-state index contributed by atoms with van der Waals surface area (Å²) in [6, 6.07) is 0.892. The van der Waals surface area contributed by atoms with Gasteiger partial charge in [-0.2, -0.15) is 0 Å². The predicted molar refractivity (Wildman–Crippen MR) is 60.7 cm³/mol. The van der Waals surface area contributed by atoms with Crippen LogP contribution in [0.5, 0.6) is 0 Å². The lowest BCUT2D eigenvalue weighted by Crippen LogP contribution is -2.42. The van der Waals surface area contributed by atoms with Crippen molar-refractivity contribution in [3.05, 3.63) is 0 Å². The lowest BCUT2D eigenvalue weighted by Gasteiger charge is -2.29. The normalized spacial score (nSPS) is 11.9. The number of carbonyl (C=O) groups excluding carboxylic acids is 1. The number of rotatable bonds is 10. The fourth-order valence-electron chi connectivity index (χ4n) is 1.10. The smallest absolute Gasteiger partial charge is 0.297 e. The Labute approximate surface area is 97.9 Å². The topological polar surface area (TPSA) is 66.3 Å². The standard InChI is InChI=1S/C9H19NO5Si/c1-12-7-9(13-2,14-3)15-16-6-4-5-10-8-11/h4-7,16H2,1-3H3. The van der Waals surface area contributed by atoms with Crippen LogP contribution in [-0.4, -0.2) is 56.3 Å². The average molecular weight is 249 g/mol. The molecule has 0 bridgehead atoms. The Morgan fingerprint density at radius 3 is 2.50 bits per heavy atom. The van der Waals surface area contributed by atoms with Crippen molar-refractivity contribution < 1.29 is 23.4 Å². The van der Waals surface area contributed by atoms with E-state index < -0.39 is 15.7 Å². The number of aliphatic imine (C=N–C) groups is 1. The summed E-state index contributed by atoms with van der Waals surface area (Å²) in [7, 11) is 3.78. The summed E-state index contributed by atoms with van der Waals surface area (Å²) in [5.41, 5.74) is 0. The predicted octanol–water partition coefficient (Wildman–Crippen LogP) is -0.176. The summed E-state index contributed by atoms with van der Waals surface area (Å²) in [6.45, 7) is 0.719. The number of isocyanates is 1. The second kappa shape index (κ2) is 9.65. The highest BCUT2D eigenvalue weighted by Crippen LogP contribution is 2.13. The molecule has 0 N–H and O–H groups in total. The van der Waals surface area contributed by atoms with Crippen LogP contribution >= 0.6 is 0 Å². The summed E-state index contributed by atoms with van der Waals surface area (Å²) < 4.78 is 20.8. The van der Waals surface area contributed by atoms with Gasteiger partial charge in [-0.05, 0) is 12.5 Å². The van der Waals surface area contributed by atoms with E-state index in [-0.39, 0.29) is 6.61 Å². The third-order valence-corrected chi connectivity index (χ3v) is 3.43. The molecule has 0 saturated heterocycles. The van der Waals surface area contributed by atoms with Crippen molar-refractivity contribution in [2.75, 3.05) is 34.5 Å². The number of hydrogen-bond acceptors (Lipinski definition) is 6. The van der Waals surface area contributed by atoms with Crippen LogP contribution in [-0.2, 0) is 23.4 Å². The van der Waals surface area contributed by atoms with Crippen LogP contribution in [0.25, 0.3) is 0 Å². The molecule has 0 radical (unpaired) electrons. The maximum Gasteiger partial charge on any atom is 0.297 e. The van der Waals surface area contributed by atoms with Gasteiger partial charge in [0.15, 0.2) is 9.76 Å². The third kappa shape index (κ3) is 6.11. The molecule has 0 aromatic carbocycles. The molecular weight excluding hydrogens is 230 g/mol. The minimum absolute atomic E-state index is 0.222. The second-order valence-corrected chi connectivity index (χ2v) is 4.46. The molecular formula is C9H19NO5Si. The molecule has 0 unspecified atom stereocenters. The minimum Gasteiger partial charge on any atom is -0.376 e. The molecule has 7 heteroatoms. The zero-order chi connectivity index (χ0) is 12.3. The molecule has 16 heavy (non-hydrogen) atoms. The SMILES string of the molecule is COCC(OC)(OC)O[SiH2]CCCN=C=O. The molecule has 94 valence electrons. The first-order chi connectivity index (χ1) is 7.74. The molecule has 6 nitrogen and oxygen atoms in total. The molecule has 0 rings (SSSR count). The third-order valence-electron chi connectivity index (χ3n) is 1.99. The number of ether oxygens (including phenoxy) is 3. The highest BCUT2D eigenvalue weighted by Gasteiger charge is 2.30. The van der Waals surface area contributed by atoms with E-state index in [1.54, 1.807) is 7.11 Å². The summed E-state index contributed by atoms with van der Waals surface area (Å²) in [4.78, 5) is 13.3. The number of methoxy groups -OCH3 is 3. The lowest BCUT2D eigenvalue weighted by molar-refractivity contribution is -0.339. The van der Waals surface area contributed by atoms with Gasteiger partial charge in [0.25, 0.3) is 5.97 Å². The van der Waals surface area contributed by atoms with Crippen molar-refractivity contribution in [2.45, 2.75) is 18.4 Å². The van der Waals surface area contributed by atoms with Crippen molar-refractivity contribution in [2.24, 2.45) is 4.99 Å². The van der Waals surface area contributed by atoms with Gasteiger partial charge in [-0.25, -0.2) is 9.79 Å². The summed E-state index contributed by atoms with van der Waals surface area (Å²) in [6.07, 6.45) is 2.32. The van der Waals surface area contributed by atoms with Gasteiger partial charge < -0.3 is 18.6 Å². The highest BCUT2D eigenvalue weighted by molar-refractivity contribution is 6.27. The minimum atomic E-state index is -1.09. The molecule has 0 heterocycles. The Kier molecular flexibility index (Phi) is 9.31. The maximum atomic E-state index is 9.81. The monoisotopic (exact) mass is 249 g/mol. The van der Waals surface area contributed by atoms with Crippen LogP contribution in [0.3, 0.4) is 0 Å². The van der Waals surface area contributed by atoms with Crippen molar-refractivity contribution in [1.82, 2.24) is 0 Å². The molecule has 0 fully saturated rings. The van der Waals surface area contributed by atoms with Crippen LogP contribution in [0, 0.1) is 0 Å². The van der Waals surface area contributed by atoms with E-state index in [0.717, 1.165) is 12.5 Å². The van der Waals surface area contributed by atoms with Crippen molar-refractivity contribution >= 4 is 15.8 Å². The van der Waals surface area contributed by atoms with Gasteiger partial charge in [-0.3, -0.25) is 0 Å². The molecule has 0 aliphatic rings. The zero-order valence-corrected chi connectivity index (χ0v) is 11.4. The molecule has 0 spiro atoms. The van der Waals surface area contributed by atoms with Gasteiger partial charge in [0, 0.05) is 21.3 Å². The Balaban J connectivity index is 3.79. The molecule has 0 aromatic heterocycles. The van der Waals surface area contributed by atoms with E-state index in [9.17, 15) is 4.79 Å². The molecule has 0 aliphatic carbocycles. The van der Waals surface area contributed by atoms with E-state index in [4.69, 9.17) is 18.6 Å². The number of nitrogens with zero attached hydrogens (tertiary/aromatic N) is 1. The van der Waals surface area contributed by atoms with Crippen LogP contribution in [0.1, 0.15) is 6.42 Å². The highest BCUT2D eigenvalue weighted by atomic mass is 28.2. The summed E-state index contributed by atoms with van der Waals surface area (Å²) >= 11 is 0. The first kappa shape index (κ1) is 15.4. The summed E-state index contributed by atoms with van der Waals surface area (Å²) in [5.74, 6) is -1.09. The fraction of sp³-hybridized carbons (Fsp3) is 0.889. The van der Waals surface area contributed by atoms with Crippen molar-refractivity contribution in [1.29, 1.82) is 0 Å². The van der Waals surface area contributed by atoms with E-state index in [1.165, 1.54) is 20.3 Å². The molecule has 0 amide bonds. The van der Waals surface area contributed by atoms with Crippen LogP contribution in [0.15, 0.2) is 4.99 Å². The van der Waals surface area contributed by atoms with Gasteiger partial charge in [-0.15, -0.1) is 0 Å². The number of hydrogen-bond donors (Lipinski definition) is 0. The van der Waals surface area contributed by atoms with E-state index in [0.29, 0.717) is 6.54 Å². The molecule has 0 aliphatic heterocycles. The first-order valence-electron chi connectivity index (χ1n) is 5.01. The van der Waals surface area contributed by atoms with E-state index >= 15 is 0 Å². The zero-order valence-electron chi connectivity index (χ0n) is 10.0. The average Bonchev–Trinajstić information content (AvgIpc) is 2.32. The van der Waals surface area contributed by atoms with Crippen molar-refractivity contribution in [3.8, 4) is 0 Å². The van der Waals surface area contributed by atoms with Crippen LogP contribution in [0.2, 0.25) is 6.04 Å². The maximum absolute atomic E-state index is 9.81.